The normalized spacial score (nSPS) is 15.8. The van der Waals surface area contributed by atoms with Gasteiger partial charge in [-0.15, -0.1) is 0 Å². The van der Waals surface area contributed by atoms with Crippen molar-refractivity contribution in [2.24, 2.45) is 0 Å². The fourth-order valence-corrected chi connectivity index (χ4v) is 3.39. The van der Waals surface area contributed by atoms with E-state index in [1.807, 2.05) is 30.3 Å². The molecule has 0 atom stereocenters. The molecule has 0 unspecified atom stereocenters. The van der Waals surface area contributed by atoms with Crippen LogP contribution in [0.15, 0.2) is 52.9 Å². The lowest BCUT2D eigenvalue weighted by Crippen LogP contribution is -2.48. The number of para-hydroxylation sites is 2. The Morgan fingerprint density at radius 2 is 1.75 bits per heavy atom. The SMILES string of the molecule is O=C(NCCN1CCN(Cc2ccc(F)cc2)CC1)c1nc2ccccc2o1. The molecule has 0 aliphatic carbocycles. The maximum atomic E-state index is 13.0. The van der Waals surface area contributed by atoms with Gasteiger partial charge >= 0.3 is 5.91 Å². The first-order valence-corrected chi connectivity index (χ1v) is 9.50. The molecule has 0 saturated carbocycles. The lowest BCUT2D eigenvalue weighted by atomic mass is 10.2. The minimum atomic E-state index is -0.286. The van der Waals surface area contributed by atoms with Crippen LogP contribution in [0, 0.1) is 5.82 Å². The standard InChI is InChI=1S/C21H23FN4O2/c22-17-7-5-16(6-8-17)15-26-13-11-25(12-14-26)10-9-23-20(27)21-24-18-3-1-2-4-19(18)28-21/h1-8H,9-15H2,(H,23,27). The summed E-state index contributed by atoms with van der Waals surface area (Å²) in [6, 6.07) is 14.0. The molecule has 7 heteroatoms. The molecule has 146 valence electrons. The second-order valence-electron chi connectivity index (χ2n) is 6.99. The first-order valence-electron chi connectivity index (χ1n) is 9.50. The second-order valence-corrected chi connectivity index (χ2v) is 6.99. The molecular weight excluding hydrogens is 359 g/mol. The molecule has 2 heterocycles. The number of aromatic nitrogens is 1. The smallest absolute Gasteiger partial charge is 0.307 e. The van der Waals surface area contributed by atoms with E-state index in [9.17, 15) is 9.18 Å². The van der Waals surface area contributed by atoms with E-state index >= 15 is 0 Å². The largest absolute Gasteiger partial charge is 0.432 e. The summed E-state index contributed by atoms with van der Waals surface area (Å²) in [6.07, 6.45) is 0. The van der Waals surface area contributed by atoms with Crippen molar-refractivity contribution in [1.29, 1.82) is 0 Å². The van der Waals surface area contributed by atoms with Gasteiger partial charge in [-0.05, 0) is 29.8 Å². The molecule has 3 aromatic rings. The minimum Gasteiger partial charge on any atom is -0.432 e. The van der Waals surface area contributed by atoms with E-state index in [4.69, 9.17) is 4.42 Å². The summed E-state index contributed by atoms with van der Waals surface area (Å²) in [5.41, 5.74) is 2.43. The Balaban J connectivity index is 1.19. The molecule has 1 N–H and O–H groups in total. The van der Waals surface area contributed by atoms with Gasteiger partial charge in [0.1, 0.15) is 11.3 Å². The summed E-state index contributed by atoms with van der Waals surface area (Å²) in [5.74, 6) is -0.384. The van der Waals surface area contributed by atoms with Crippen LogP contribution in [0.4, 0.5) is 4.39 Å². The van der Waals surface area contributed by atoms with E-state index in [1.54, 1.807) is 6.07 Å². The van der Waals surface area contributed by atoms with Crippen LogP contribution in [0.3, 0.4) is 0 Å². The van der Waals surface area contributed by atoms with Crippen LogP contribution >= 0.6 is 0 Å². The van der Waals surface area contributed by atoms with Gasteiger partial charge in [-0.3, -0.25) is 14.6 Å². The Morgan fingerprint density at radius 1 is 1.04 bits per heavy atom. The topological polar surface area (TPSA) is 61.6 Å². The van der Waals surface area contributed by atoms with Gasteiger partial charge in [-0.2, -0.15) is 0 Å². The van der Waals surface area contributed by atoms with Crippen molar-refractivity contribution in [1.82, 2.24) is 20.1 Å². The van der Waals surface area contributed by atoms with Gasteiger partial charge in [0.25, 0.3) is 5.89 Å². The Morgan fingerprint density at radius 3 is 2.50 bits per heavy atom. The molecule has 1 aromatic heterocycles. The van der Waals surface area contributed by atoms with E-state index in [-0.39, 0.29) is 17.6 Å². The maximum Gasteiger partial charge on any atom is 0.307 e. The lowest BCUT2D eigenvalue weighted by Gasteiger charge is -2.34. The number of rotatable bonds is 6. The predicted molar refractivity (Wildman–Crippen MR) is 104 cm³/mol. The van der Waals surface area contributed by atoms with Gasteiger partial charge in [0, 0.05) is 45.8 Å². The van der Waals surface area contributed by atoms with E-state index in [0.29, 0.717) is 17.6 Å². The predicted octanol–water partition coefficient (Wildman–Crippen LogP) is 2.51. The second kappa shape index (κ2) is 8.50. The van der Waals surface area contributed by atoms with Crippen molar-refractivity contribution in [3.8, 4) is 0 Å². The number of carbonyl (C=O) groups is 1. The van der Waals surface area contributed by atoms with Gasteiger partial charge < -0.3 is 9.73 Å². The van der Waals surface area contributed by atoms with Crippen molar-refractivity contribution in [2.75, 3.05) is 39.3 Å². The summed E-state index contributed by atoms with van der Waals surface area (Å²) < 4.78 is 18.5. The molecular formula is C21H23FN4O2. The first-order chi connectivity index (χ1) is 13.7. The Kier molecular flexibility index (Phi) is 5.64. The third-order valence-corrected chi connectivity index (χ3v) is 4.99. The van der Waals surface area contributed by atoms with Gasteiger partial charge in [0.2, 0.25) is 0 Å². The summed E-state index contributed by atoms with van der Waals surface area (Å²) in [5, 5.41) is 2.88. The summed E-state index contributed by atoms with van der Waals surface area (Å²) >= 11 is 0. The third kappa shape index (κ3) is 4.55. The Labute approximate surface area is 162 Å². The van der Waals surface area contributed by atoms with Gasteiger partial charge in [0.05, 0.1) is 0 Å². The Bertz CT molecular complexity index is 900. The van der Waals surface area contributed by atoms with Crippen LogP contribution in [-0.4, -0.2) is 60.0 Å². The highest BCUT2D eigenvalue weighted by Gasteiger charge is 2.18. The Hall–Kier alpha value is -2.77. The number of piperazine rings is 1. The fourth-order valence-electron chi connectivity index (χ4n) is 3.39. The number of nitrogens with one attached hydrogen (secondary N) is 1. The molecule has 1 aliphatic rings. The molecule has 0 radical (unpaired) electrons. The van der Waals surface area contributed by atoms with Crippen molar-refractivity contribution >= 4 is 17.0 Å². The number of halogens is 1. The highest BCUT2D eigenvalue weighted by atomic mass is 19.1. The van der Waals surface area contributed by atoms with E-state index in [0.717, 1.165) is 44.8 Å². The van der Waals surface area contributed by atoms with Crippen LogP contribution < -0.4 is 5.32 Å². The van der Waals surface area contributed by atoms with E-state index < -0.39 is 0 Å². The number of hydrogen-bond acceptors (Lipinski definition) is 5. The van der Waals surface area contributed by atoms with Crippen molar-refractivity contribution < 1.29 is 13.6 Å². The van der Waals surface area contributed by atoms with Crippen molar-refractivity contribution in [3.63, 3.8) is 0 Å². The maximum absolute atomic E-state index is 13.0. The molecule has 28 heavy (non-hydrogen) atoms. The van der Waals surface area contributed by atoms with Gasteiger partial charge in [-0.25, -0.2) is 9.37 Å². The number of benzene rings is 2. The zero-order valence-electron chi connectivity index (χ0n) is 15.6. The molecule has 1 saturated heterocycles. The van der Waals surface area contributed by atoms with Crippen LogP contribution in [0.25, 0.3) is 11.1 Å². The molecule has 4 rings (SSSR count). The van der Waals surface area contributed by atoms with Crippen LogP contribution in [-0.2, 0) is 6.54 Å². The van der Waals surface area contributed by atoms with Gasteiger partial charge in [-0.1, -0.05) is 24.3 Å². The van der Waals surface area contributed by atoms with Gasteiger partial charge in [0.15, 0.2) is 5.58 Å². The fraction of sp³-hybridized carbons (Fsp3) is 0.333. The lowest BCUT2D eigenvalue weighted by molar-refractivity contribution is 0.0903. The average Bonchev–Trinajstić information content (AvgIpc) is 3.15. The van der Waals surface area contributed by atoms with Crippen LogP contribution in [0.5, 0.6) is 0 Å². The molecule has 6 nitrogen and oxygen atoms in total. The van der Waals surface area contributed by atoms with Crippen molar-refractivity contribution in [3.05, 3.63) is 65.8 Å². The zero-order chi connectivity index (χ0) is 19.3. The third-order valence-electron chi connectivity index (χ3n) is 4.99. The molecule has 1 aliphatic heterocycles. The van der Waals surface area contributed by atoms with Crippen molar-refractivity contribution in [2.45, 2.75) is 6.54 Å². The number of hydrogen-bond donors (Lipinski definition) is 1. The summed E-state index contributed by atoms with van der Waals surface area (Å²) in [7, 11) is 0. The zero-order valence-corrected chi connectivity index (χ0v) is 15.6. The first kappa shape index (κ1) is 18.6. The number of oxazole rings is 1. The number of amides is 1. The molecule has 2 aromatic carbocycles. The molecule has 1 fully saturated rings. The van der Waals surface area contributed by atoms with Crippen LogP contribution in [0.2, 0.25) is 0 Å². The van der Waals surface area contributed by atoms with Crippen LogP contribution in [0.1, 0.15) is 16.2 Å². The quantitative estimate of drug-likeness (QED) is 0.710. The monoisotopic (exact) mass is 382 g/mol. The molecule has 0 bridgehead atoms. The van der Waals surface area contributed by atoms with E-state index in [2.05, 4.69) is 20.1 Å². The summed E-state index contributed by atoms with van der Waals surface area (Å²) in [4.78, 5) is 21.1. The summed E-state index contributed by atoms with van der Waals surface area (Å²) in [6.45, 7) is 5.97. The van der Waals surface area contributed by atoms with E-state index in [1.165, 1.54) is 12.1 Å². The highest BCUT2D eigenvalue weighted by Crippen LogP contribution is 2.14. The number of fused-ring (bicyclic) bond motifs is 1. The minimum absolute atomic E-state index is 0.102. The molecule has 1 amide bonds. The molecule has 0 spiro atoms. The highest BCUT2D eigenvalue weighted by molar-refractivity contribution is 5.92. The number of carbonyl (C=O) groups excluding carboxylic acids is 1. The number of nitrogens with zero attached hydrogens (tertiary/aromatic N) is 3. The average molecular weight is 382 g/mol.